The van der Waals surface area contributed by atoms with Crippen molar-refractivity contribution in [3.63, 3.8) is 0 Å². The second-order valence-electron chi connectivity index (χ2n) is 8.34. The molecule has 0 spiro atoms. The first kappa shape index (κ1) is 25.4. The smallest absolute Gasteiger partial charge is 0.358 e. The fraction of sp³-hybridized carbons (Fsp3) is 0.522. The number of hydrogen-bond acceptors (Lipinski definition) is 3. The van der Waals surface area contributed by atoms with Gasteiger partial charge in [-0.25, -0.2) is 4.39 Å². The Morgan fingerprint density at radius 3 is 2.21 bits per heavy atom. The first-order valence-electron chi connectivity index (χ1n) is 10.6. The zero-order valence-corrected chi connectivity index (χ0v) is 18.0. The van der Waals surface area contributed by atoms with Gasteiger partial charge in [0, 0.05) is 37.5 Å². The molecule has 0 saturated carbocycles. The molecule has 3 nitrogen and oxygen atoms in total. The number of rotatable bonds is 8. The van der Waals surface area contributed by atoms with Crippen LogP contribution in [0.3, 0.4) is 0 Å². The van der Waals surface area contributed by atoms with Crippen LogP contribution in [0.1, 0.15) is 30.9 Å². The Labute approximate surface area is 187 Å². The molecule has 1 aromatic carbocycles. The van der Waals surface area contributed by atoms with E-state index in [1.807, 2.05) is 0 Å². The van der Waals surface area contributed by atoms with Crippen LogP contribution in [0.15, 0.2) is 48.8 Å². The van der Waals surface area contributed by atoms with Crippen LogP contribution in [-0.4, -0.2) is 47.5 Å². The molecule has 0 unspecified atom stereocenters. The molecule has 1 aliphatic heterocycles. The normalized spacial score (nSPS) is 20.4. The lowest BCUT2D eigenvalue weighted by molar-refractivity contribution is -0.414. The topological polar surface area (TPSA) is 25.4 Å². The Balaban J connectivity index is 2.02. The van der Waals surface area contributed by atoms with Crippen molar-refractivity contribution >= 4 is 0 Å². The zero-order chi connectivity index (χ0) is 24.3. The third-order valence-corrected chi connectivity index (χ3v) is 6.27. The highest BCUT2D eigenvalue weighted by Gasteiger charge is 2.81. The van der Waals surface area contributed by atoms with E-state index in [-0.39, 0.29) is 25.9 Å². The predicted octanol–water partition coefficient (Wildman–Crippen LogP) is 5.95. The lowest BCUT2D eigenvalue weighted by atomic mass is 9.66. The van der Waals surface area contributed by atoms with Crippen molar-refractivity contribution in [3.05, 3.63) is 65.7 Å². The number of benzene rings is 1. The largest absolute Gasteiger partial charge is 0.427 e. The van der Waals surface area contributed by atoms with Crippen molar-refractivity contribution in [1.82, 2.24) is 9.88 Å². The minimum atomic E-state index is -5.69. The predicted molar refractivity (Wildman–Crippen MR) is 108 cm³/mol. The maximum atomic E-state index is 14.4. The first-order valence-corrected chi connectivity index (χ1v) is 10.6. The molecule has 0 N–H and O–H groups in total. The average molecular weight is 478 g/mol. The van der Waals surface area contributed by atoms with Gasteiger partial charge in [0.25, 0.3) is 5.60 Å². The molecule has 1 atom stereocenters. The quantitative estimate of drug-likeness (QED) is 0.439. The second-order valence-corrected chi connectivity index (χ2v) is 8.34. The molecule has 1 fully saturated rings. The SMILES string of the molecule is CCOC(C(F)(F)F)(C(F)(F)F)[C@@]1(CCc2ccc(F)cc2)CCN(Cc2cccnc2)C1. The molecular formula is C23H25F7N2O. The number of aryl methyl sites for hydroxylation is 1. The van der Waals surface area contributed by atoms with Gasteiger partial charge in [-0.2, -0.15) is 26.3 Å². The molecule has 0 radical (unpaired) electrons. The van der Waals surface area contributed by atoms with Gasteiger partial charge in [-0.15, -0.1) is 0 Å². The number of alkyl halides is 6. The molecule has 0 aliphatic carbocycles. The van der Waals surface area contributed by atoms with E-state index >= 15 is 0 Å². The van der Waals surface area contributed by atoms with Crippen LogP contribution in [0.4, 0.5) is 30.7 Å². The van der Waals surface area contributed by atoms with E-state index in [1.165, 1.54) is 24.5 Å². The molecule has 3 rings (SSSR count). The van der Waals surface area contributed by atoms with Gasteiger partial charge in [0.05, 0.1) is 0 Å². The van der Waals surface area contributed by atoms with Crippen molar-refractivity contribution in [2.75, 3.05) is 19.7 Å². The third-order valence-electron chi connectivity index (χ3n) is 6.27. The highest BCUT2D eigenvalue weighted by Crippen LogP contribution is 2.60. The molecule has 1 aromatic heterocycles. The van der Waals surface area contributed by atoms with E-state index in [0.29, 0.717) is 11.1 Å². The summed E-state index contributed by atoms with van der Waals surface area (Å²) in [4.78, 5) is 5.54. The number of ether oxygens (including phenoxy) is 1. The Morgan fingerprint density at radius 2 is 1.67 bits per heavy atom. The van der Waals surface area contributed by atoms with Gasteiger partial charge in [-0.05, 0) is 62.1 Å². The summed E-state index contributed by atoms with van der Waals surface area (Å²) in [6, 6.07) is 8.38. The van der Waals surface area contributed by atoms with E-state index < -0.39 is 48.8 Å². The standard InChI is InChI=1S/C23H25F7N2O/c1-2-33-21(22(25,26)27,23(28,29)30)20(10-9-17-5-7-19(24)8-6-17)11-13-32(16-20)15-18-4-3-12-31-14-18/h3-8,12,14H,2,9-11,13,15-16H2,1H3/t20-/m0/s1. The molecule has 33 heavy (non-hydrogen) atoms. The molecule has 1 aliphatic rings. The van der Waals surface area contributed by atoms with Crippen LogP contribution in [0, 0.1) is 11.2 Å². The fourth-order valence-corrected chi connectivity index (χ4v) is 4.84. The molecule has 182 valence electrons. The molecule has 0 bridgehead atoms. The number of likely N-dealkylation sites (tertiary alicyclic amines) is 1. The van der Waals surface area contributed by atoms with Crippen molar-refractivity contribution in [1.29, 1.82) is 0 Å². The van der Waals surface area contributed by atoms with E-state index in [2.05, 4.69) is 4.98 Å². The van der Waals surface area contributed by atoms with Gasteiger partial charge in [0.1, 0.15) is 5.82 Å². The van der Waals surface area contributed by atoms with Crippen LogP contribution in [0.2, 0.25) is 0 Å². The molecule has 2 aromatic rings. The maximum absolute atomic E-state index is 14.4. The fourth-order valence-electron chi connectivity index (χ4n) is 4.84. The van der Waals surface area contributed by atoms with Crippen molar-refractivity contribution < 1.29 is 35.5 Å². The lowest BCUT2D eigenvalue weighted by Crippen LogP contribution is -2.69. The minimum absolute atomic E-state index is 0.0410. The maximum Gasteiger partial charge on any atom is 0.427 e. The zero-order valence-electron chi connectivity index (χ0n) is 18.0. The minimum Gasteiger partial charge on any atom is -0.358 e. The van der Waals surface area contributed by atoms with Crippen molar-refractivity contribution in [2.45, 2.75) is 50.7 Å². The van der Waals surface area contributed by atoms with E-state index in [1.54, 1.807) is 17.0 Å². The Hall–Kier alpha value is -2.20. The molecular weight excluding hydrogens is 453 g/mol. The van der Waals surface area contributed by atoms with E-state index in [4.69, 9.17) is 4.74 Å². The van der Waals surface area contributed by atoms with Gasteiger partial charge in [-0.1, -0.05) is 18.2 Å². The Bertz CT molecular complexity index is 886. The summed E-state index contributed by atoms with van der Waals surface area (Å²) in [5.41, 5.74) is -5.47. The number of hydrogen-bond donors (Lipinski definition) is 0. The number of halogens is 7. The van der Waals surface area contributed by atoms with Crippen molar-refractivity contribution in [3.8, 4) is 0 Å². The Morgan fingerprint density at radius 1 is 1.00 bits per heavy atom. The van der Waals surface area contributed by atoms with Gasteiger partial charge < -0.3 is 4.74 Å². The van der Waals surface area contributed by atoms with Crippen molar-refractivity contribution in [2.24, 2.45) is 5.41 Å². The summed E-state index contributed by atoms with van der Waals surface area (Å²) in [6.45, 7) is 0.133. The average Bonchev–Trinajstić information content (AvgIpc) is 3.14. The van der Waals surface area contributed by atoms with Gasteiger partial charge >= 0.3 is 12.4 Å². The van der Waals surface area contributed by atoms with Gasteiger partial charge in [-0.3, -0.25) is 9.88 Å². The van der Waals surface area contributed by atoms with Crippen LogP contribution in [0.5, 0.6) is 0 Å². The highest BCUT2D eigenvalue weighted by molar-refractivity contribution is 5.20. The van der Waals surface area contributed by atoms with E-state index in [9.17, 15) is 30.7 Å². The molecule has 1 saturated heterocycles. The highest BCUT2D eigenvalue weighted by atomic mass is 19.4. The summed E-state index contributed by atoms with van der Waals surface area (Å²) >= 11 is 0. The van der Waals surface area contributed by atoms with Crippen LogP contribution in [-0.2, 0) is 17.7 Å². The molecule has 2 heterocycles. The second kappa shape index (κ2) is 9.58. The first-order chi connectivity index (χ1) is 15.4. The van der Waals surface area contributed by atoms with Crippen LogP contribution in [0.25, 0.3) is 0 Å². The van der Waals surface area contributed by atoms with E-state index in [0.717, 1.165) is 19.1 Å². The van der Waals surface area contributed by atoms with Gasteiger partial charge in [0.2, 0.25) is 0 Å². The van der Waals surface area contributed by atoms with Crippen LogP contribution < -0.4 is 0 Å². The third kappa shape index (κ3) is 5.01. The number of aromatic nitrogens is 1. The summed E-state index contributed by atoms with van der Waals surface area (Å²) in [5, 5.41) is 0. The molecule has 0 amide bonds. The molecule has 10 heteroatoms. The monoisotopic (exact) mass is 478 g/mol. The van der Waals surface area contributed by atoms with Crippen LogP contribution >= 0.6 is 0 Å². The summed E-state index contributed by atoms with van der Waals surface area (Å²) in [6.07, 6.45) is -9.17. The summed E-state index contributed by atoms with van der Waals surface area (Å²) < 4.78 is 104. The number of pyridine rings is 1. The lowest BCUT2D eigenvalue weighted by Gasteiger charge is -2.49. The summed E-state index contributed by atoms with van der Waals surface area (Å²) in [7, 11) is 0. The van der Waals surface area contributed by atoms with Gasteiger partial charge in [0.15, 0.2) is 0 Å². The number of nitrogens with zero attached hydrogens (tertiary/aromatic N) is 2. The Kier molecular flexibility index (Phi) is 7.38. The summed E-state index contributed by atoms with van der Waals surface area (Å²) in [5.74, 6) is -0.536.